The van der Waals surface area contributed by atoms with Crippen molar-refractivity contribution in [2.24, 2.45) is 0 Å². The van der Waals surface area contributed by atoms with E-state index in [1.807, 2.05) is 17.1 Å². The molecule has 3 atom stereocenters. The van der Waals surface area contributed by atoms with Crippen LogP contribution in [0, 0.1) is 0 Å². The second kappa shape index (κ2) is 6.65. The van der Waals surface area contributed by atoms with Crippen LogP contribution < -0.4 is 16.0 Å². The molecule has 8 heteroatoms. The number of hydrogen-bond donors (Lipinski definition) is 3. The Labute approximate surface area is 131 Å². The molecule has 0 aromatic carbocycles. The van der Waals surface area contributed by atoms with E-state index in [9.17, 15) is 9.59 Å². The van der Waals surface area contributed by atoms with E-state index in [-0.39, 0.29) is 24.0 Å². The zero-order valence-corrected chi connectivity index (χ0v) is 13.1. The lowest BCUT2D eigenvalue weighted by atomic mass is 10.0. The van der Waals surface area contributed by atoms with Gasteiger partial charge in [-0.05, 0) is 12.8 Å². The Morgan fingerprint density at radius 1 is 1.43 bits per heavy atom. The predicted molar refractivity (Wildman–Crippen MR) is 84.7 cm³/mol. The number of rotatable bonds is 6. The van der Waals surface area contributed by atoms with E-state index in [1.54, 1.807) is 6.20 Å². The largest absolute Gasteiger partial charge is 0.332 e. The number of unbranched alkanes of at least 4 members (excludes halogenated alkanes) is 1. The van der Waals surface area contributed by atoms with Crippen molar-refractivity contribution in [1.82, 2.24) is 15.6 Å². The van der Waals surface area contributed by atoms with Crippen molar-refractivity contribution in [2.75, 3.05) is 11.1 Å². The highest BCUT2D eigenvalue weighted by atomic mass is 32.2. The quantitative estimate of drug-likeness (QED) is 0.550. The Kier molecular flexibility index (Phi) is 4.64. The first-order valence-corrected chi connectivity index (χ1v) is 9.03. The molecule has 0 bridgehead atoms. The molecule has 2 aliphatic heterocycles. The van der Waals surface area contributed by atoms with Gasteiger partial charge >= 0.3 is 6.03 Å². The van der Waals surface area contributed by atoms with Crippen LogP contribution in [0.3, 0.4) is 0 Å². The SMILES string of the molecule is O=C(CCCC[C@@H]1SC[C@H]2NC(=O)N[C@@H]12)Nc1nccs1. The van der Waals surface area contributed by atoms with Gasteiger partial charge in [0, 0.05) is 29.0 Å². The molecule has 3 heterocycles. The van der Waals surface area contributed by atoms with Crippen molar-refractivity contribution in [3.05, 3.63) is 11.6 Å². The van der Waals surface area contributed by atoms with Gasteiger partial charge in [0.1, 0.15) is 0 Å². The summed E-state index contributed by atoms with van der Waals surface area (Å²) >= 11 is 3.34. The fourth-order valence-corrected chi connectivity index (χ4v) is 4.83. The molecule has 21 heavy (non-hydrogen) atoms. The molecular formula is C13H18N4O2S2. The van der Waals surface area contributed by atoms with Crippen molar-refractivity contribution < 1.29 is 9.59 Å². The van der Waals surface area contributed by atoms with E-state index >= 15 is 0 Å². The van der Waals surface area contributed by atoms with Gasteiger partial charge in [-0.1, -0.05) is 6.42 Å². The van der Waals surface area contributed by atoms with E-state index in [2.05, 4.69) is 20.9 Å². The molecule has 0 spiro atoms. The van der Waals surface area contributed by atoms with Crippen molar-refractivity contribution >= 4 is 40.2 Å². The highest BCUT2D eigenvalue weighted by molar-refractivity contribution is 8.00. The topological polar surface area (TPSA) is 83.1 Å². The van der Waals surface area contributed by atoms with Crippen LogP contribution in [-0.4, -0.2) is 40.0 Å². The first-order chi connectivity index (χ1) is 10.2. The summed E-state index contributed by atoms with van der Waals surface area (Å²) in [6.07, 6.45) is 5.11. The number of thiazole rings is 1. The van der Waals surface area contributed by atoms with E-state index in [0.29, 0.717) is 16.8 Å². The van der Waals surface area contributed by atoms with E-state index in [4.69, 9.17) is 0 Å². The minimum atomic E-state index is -0.0434. The van der Waals surface area contributed by atoms with Crippen LogP contribution in [0.2, 0.25) is 0 Å². The van der Waals surface area contributed by atoms with Gasteiger partial charge in [0.15, 0.2) is 5.13 Å². The van der Waals surface area contributed by atoms with Gasteiger partial charge in [-0.2, -0.15) is 11.8 Å². The number of anilines is 1. The number of nitrogens with one attached hydrogen (secondary N) is 3. The smallest absolute Gasteiger partial charge is 0.315 e. The molecule has 0 radical (unpaired) electrons. The van der Waals surface area contributed by atoms with Gasteiger partial charge in [0.25, 0.3) is 0 Å². The second-order valence-electron chi connectivity index (χ2n) is 5.25. The number of thioether (sulfide) groups is 1. The molecule has 3 amide bonds. The Morgan fingerprint density at radius 3 is 3.14 bits per heavy atom. The van der Waals surface area contributed by atoms with Crippen molar-refractivity contribution in [3.63, 3.8) is 0 Å². The molecule has 0 aliphatic carbocycles. The molecule has 2 aliphatic rings. The number of carbonyl (C=O) groups is 2. The van der Waals surface area contributed by atoms with Gasteiger partial charge in [0.2, 0.25) is 5.91 Å². The second-order valence-corrected chi connectivity index (χ2v) is 7.42. The lowest BCUT2D eigenvalue weighted by Gasteiger charge is -2.16. The van der Waals surface area contributed by atoms with Crippen molar-refractivity contribution in [1.29, 1.82) is 0 Å². The third-order valence-electron chi connectivity index (χ3n) is 3.76. The maximum Gasteiger partial charge on any atom is 0.315 e. The number of aromatic nitrogens is 1. The fraction of sp³-hybridized carbons (Fsp3) is 0.615. The molecule has 3 rings (SSSR count). The van der Waals surface area contributed by atoms with E-state index < -0.39 is 0 Å². The third-order valence-corrected chi connectivity index (χ3v) is 5.96. The number of urea groups is 1. The summed E-state index contributed by atoms with van der Waals surface area (Å²) < 4.78 is 0. The maximum atomic E-state index is 11.7. The van der Waals surface area contributed by atoms with Gasteiger partial charge in [-0.15, -0.1) is 11.3 Å². The molecule has 0 saturated carbocycles. The summed E-state index contributed by atoms with van der Waals surface area (Å²) in [5, 5.41) is 11.7. The van der Waals surface area contributed by atoms with Crippen LogP contribution in [0.25, 0.3) is 0 Å². The summed E-state index contributed by atoms with van der Waals surface area (Å²) in [6, 6.07) is 0.491. The van der Waals surface area contributed by atoms with E-state index in [1.165, 1.54) is 11.3 Å². The lowest BCUT2D eigenvalue weighted by molar-refractivity contribution is -0.116. The zero-order chi connectivity index (χ0) is 14.7. The van der Waals surface area contributed by atoms with Gasteiger partial charge in [0.05, 0.1) is 12.1 Å². The zero-order valence-electron chi connectivity index (χ0n) is 11.5. The Morgan fingerprint density at radius 2 is 2.33 bits per heavy atom. The number of fused-ring (bicyclic) bond motifs is 1. The van der Waals surface area contributed by atoms with Crippen LogP contribution in [0.5, 0.6) is 0 Å². The maximum absolute atomic E-state index is 11.7. The first kappa shape index (κ1) is 14.6. The minimum absolute atomic E-state index is 0.0257. The molecule has 114 valence electrons. The van der Waals surface area contributed by atoms with Crippen LogP contribution in [0.4, 0.5) is 9.93 Å². The molecule has 1 aromatic heterocycles. The fourth-order valence-electron chi connectivity index (χ4n) is 2.74. The van der Waals surface area contributed by atoms with Gasteiger partial charge in [-0.3, -0.25) is 4.79 Å². The minimum Gasteiger partial charge on any atom is -0.332 e. The molecule has 1 aromatic rings. The van der Waals surface area contributed by atoms with Crippen molar-refractivity contribution in [3.8, 4) is 0 Å². The Balaban J connectivity index is 1.33. The molecule has 6 nitrogen and oxygen atoms in total. The number of hydrogen-bond acceptors (Lipinski definition) is 5. The summed E-state index contributed by atoms with van der Waals surface area (Å²) in [7, 11) is 0. The molecule has 2 saturated heterocycles. The number of nitrogens with zero attached hydrogens (tertiary/aromatic N) is 1. The molecule has 3 N–H and O–H groups in total. The Bertz CT molecular complexity index is 508. The van der Waals surface area contributed by atoms with Crippen LogP contribution in [-0.2, 0) is 4.79 Å². The normalized spacial score (nSPS) is 27.0. The summed E-state index contributed by atoms with van der Waals surface area (Å²) in [5.41, 5.74) is 0. The first-order valence-electron chi connectivity index (χ1n) is 7.10. The average Bonchev–Trinajstić information content (AvgIpc) is 3.13. The average molecular weight is 326 g/mol. The van der Waals surface area contributed by atoms with E-state index in [0.717, 1.165) is 25.0 Å². The van der Waals surface area contributed by atoms with Gasteiger partial charge in [-0.25, -0.2) is 9.78 Å². The standard InChI is InChI=1S/C13H18N4O2S2/c18-10(16-13-14-5-6-20-13)4-2-1-3-9-11-8(7-21-9)15-12(19)17-11/h5-6,8-9,11H,1-4,7H2,(H,14,16,18)(H2,15,17,19)/t8-,9+,11-/m1/s1. The molecule has 0 unspecified atom stereocenters. The van der Waals surface area contributed by atoms with Crippen molar-refractivity contribution in [2.45, 2.75) is 43.0 Å². The highest BCUT2D eigenvalue weighted by Crippen LogP contribution is 2.33. The molecular weight excluding hydrogens is 308 g/mol. The predicted octanol–water partition coefficient (Wildman–Crippen LogP) is 1.81. The summed E-state index contributed by atoms with van der Waals surface area (Å²) in [5.74, 6) is 1.01. The number of amides is 3. The van der Waals surface area contributed by atoms with Crippen LogP contribution in [0.1, 0.15) is 25.7 Å². The van der Waals surface area contributed by atoms with Gasteiger partial charge < -0.3 is 16.0 Å². The number of carbonyl (C=O) groups excluding carboxylic acids is 2. The monoisotopic (exact) mass is 326 g/mol. The molecule has 2 fully saturated rings. The third kappa shape index (κ3) is 3.68. The summed E-state index contributed by atoms with van der Waals surface area (Å²) in [6.45, 7) is 0. The highest BCUT2D eigenvalue weighted by Gasteiger charge is 2.42. The Hall–Kier alpha value is -1.28. The van der Waals surface area contributed by atoms with Crippen LogP contribution >= 0.6 is 23.1 Å². The van der Waals surface area contributed by atoms with Crippen LogP contribution in [0.15, 0.2) is 11.6 Å². The summed E-state index contributed by atoms with van der Waals surface area (Å²) in [4.78, 5) is 27.0. The lowest BCUT2D eigenvalue weighted by Crippen LogP contribution is -2.36.